The molecule has 0 aliphatic heterocycles. The van der Waals surface area contributed by atoms with Crippen molar-refractivity contribution in [1.82, 2.24) is 0 Å². The number of allylic oxidation sites excluding steroid dienone is 28. The summed E-state index contributed by atoms with van der Waals surface area (Å²) in [5, 5.41) is 0. The topological polar surface area (TPSA) is 78.9 Å². The van der Waals surface area contributed by atoms with Crippen molar-refractivity contribution in [3.63, 3.8) is 0 Å². The van der Waals surface area contributed by atoms with Crippen LogP contribution in [0.1, 0.15) is 201 Å². The molecule has 0 aromatic rings. The van der Waals surface area contributed by atoms with Gasteiger partial charge in [-0.05, 0) is 148 Å². The molecule has 0 N–H and O–H groups in total. The fourth-order valence-electron chi connectivity index (χ4n) is 6.66. The quantitative estimate of drug-likeness (QED) is 0.0262. The van der Waals surface area contributed by atoms with Gasteiger partial charge in [-0.25, -0.2) is 0 Å². The summed E-state index contributed by atoms with van der Waals surface area (Å²) in [7, 11) is 0. The molecule has 1 unspecified atom stereocenters. The lowest BCUT2D eigenvalue weighted by atomic mass is 10.1. The van der Waals surface area contributed by atoms with Crippen molar-refractivity contribution in [2.45, 2.75) is 207 Å². The minimum Gasteiger partial charge on any atom is -0.462 e. The van der Waals surface area contributed by atoms with Crippen LogP contribution in [0.5, 0.6) is 0 Å². The lowest BCUT2D eigenvalue weighted by Gasteiger charge is -2.18. The van der Waals surface area contributed by atoms with Crippen LogP contribution in [0.25, 0.3) is 0 Å². The molecular formula is C65H98O6. The monoisotopic (exact) mass is 975 g/mol. The predicted molar refractivity (Wildman–Crippen MR) is 306 cm³/mol. The van der Waals surface area contributed by atoms with Gasteiger partial charge in [-0.15, -0.1) is 0 Å². The lowest BCUT2D eigenvalue weighted by molar-refractivity contribution is -0.167. The fourth-order valence-corrected chi connectivity index (χ4v) is 6.66. The van der Waals surface area contributed by atoms with Gasteiger partial charge in [0.15, 0.2) is 6.10 Å². The van der Waals surface area contributed by atoms with E-state index in [-0.39, 0.29) is 44.0 Å². The number of unbranched alkanes of at least 4 members (excludes halogenated alkanes) is 8. The van der Waals surface area contributed by atoms with Crippen LogP contribution in [0, 0.1) is 0 Å². The van der Waals surface area contributed by atoms with Crippen molar-refractivity contribution in [3.05, 3.63) is 170 Å². The number of hydrogen-bond acceptors (Lipinski definition) is 6. The standard InChI is InChI=1S/C65H98O6/c1-4-7-10-13-16-19-22-25-26-27-28-29-30-31-32-33-34-35-36-37-38-41-43-46-49-52-55-58-64(67)70-61-62(71-65(68)59-56-53-50-47-44-40-24-21-18-15-12-9-6-3)60-69-63(66)57-54-51-48-45-42-39-23-20-17-14-11-8-5-2/h7-12,16-21,25-26,28-29,31-32,34-35,37-40,42-44,46,62H,4-6,13-15,22-24,27,30,33,36,41,45,47-61H2,1-3H3/b10-7-,11-8-,12-9-,19-16-,20-17-,21-18-,26-25-,29-28-,32-31-,35-34-,38-37-,42-39-,44-40-,46-43-. The Morgan fingerprint density at radius 2 is 0.507 bits per heavy atom. The Morgan fingerprint density at radius 1 is 0.282 bits per heavy atom. The van der Waals surface area contributed by atoms with Crippen LogP contribution in [-0.4, -0.2) is 37.2 Å². The highest BCUT2D eigenvalue weighted by Gasteiger charge is 2.19. The zero-order chi connectivity index (χ0) is 51.4. The maximum atomic E-state index is 12.8. The minimum absolute atomic E-state index is 0.128. The number of hydrogen-bond donors (Lipinski definition) is 0. The number of carbonyl (C=O) groups is 3. The van der Waals surface area contributed by atoms with E-state index in [0.29, 0.717) is 19.3 Å². The first-order valence-corrected chi connectivity index (χ1v) is 27.6. The van der Waals surface area contributed by atoms with E-state index in [9.17, 15) is 14.4 Å². The first-order valence-electron chi connectivity index (χ1n) is 27.6. The summed E-state index contributed by atoms with van der Waals surface area (Å²) in [4.78, 5) is 38.0. The van der Waals surface area contributed by atoms with Gasteiger partial charge < -0.3 is 14.2 Å². The highest BCUT2D eigenvalue weighted by molar-refractivity contribution is 5.71. The van der Waals surface area contributed by atoms with Gasteiger partial charge in [-0.1, -0.05) is 204 Å². The molecule has 6 heteroatoms. The average Bonchev–Trinajstić information content (AvgIpc) is 3.37. The van der Waals surface area contributed by atoms with Gasteiger partial charge in [0.2, 0.25) is 0 Å². The third-order valence-electron chi connectivity index (χ3n) is 10.7. The third-order valence-corrected chi connectivity index (χ3v) is 10.7. The Labute approximate surface area is 434 Å². The molecule has 0 aliphatic carbocycles. The van der Waals surface area contributed by atoms with Crippen molar-refractivity contribution < 1.29 is 28.6 Å². The minimum atomic E-state index is -0.832. The molecule has 0 saturated carbocycles. The molecule has 1 atom stereocenters. The normalized spacial score (nSPS) is 13.5. The Balaban J connectivity index is 4.49. The molecule has 0 saturated heterocycles. The SMILES string of the molecule is CC/C=C\C/C=C\C/C=C\C/C=C\C/C=C\C/C=C\C/C=C\C/C=C\CCCCC(=O)OCC(COC(=O)CCCCC/C=C\C/C=C\C/C=C\CC)OC(=O)CCCCC/C=C\C/C=C\C/C=C\CC. The highest BCUT2D eigenvalue weighted by Crippen LogP contribution is 2.11. The molecule has 394 valence electrons. The number of carbonyl (C=O) groups excluding carboxylic acids is 3. The van der Waals surface area contributed by atoms with Crippen molar-refractivity contribution in [2.75, 3.05) is 13.2 Å². The van der Waals surface area contributed by atoms with E-state index >= 15 is 0 Å². The molecule has 0 aromatic carbocycles. The summed E-state index contributed by atoms with van der Waals surface area (Å²) in [5.74, 6) is -1.04. The van der Waals surface area contributed by atoms with Crippen LogP contribution in [0.4, 0.5) is 0 Å². The third kappa shape index (κ3) is 55.6. The van der Waals surface area contributed by atoms with Crippen molar-refractivity contribution in [3.8, 4) is 0 Å². The summed E-state index contributed by atoms with van der Waals surface area (Å²) in [6, 6.07) is 0. The molecule has 0 amide bonds. The second-order valence-corrected chi connectivity index (χ2v) is 17.3. The molecule has 0 aromatic heterocycles. The van der Waals surface area contributed by atoms with E-state index in [1.54, 1.807) is 0 Å². The number of rotatable bonds is 47. The van der Waals surface area contributed by atoms with Crippen molar-refractivity contribution in [1.29, 1.82) is 0 Å². The van der Waals surface area contributed by atoms with Crippen LogP contribution >= 0.6 is 0 Å². The highest BCUT2D eigenvalue weighted by atomic mass is 16.6. The van der Waals surface area contributed by atoms with E-state index in [0.717, 1.165) is 148 Å². The van der Waals surface area contributed by atoms with Gasteiger partial charge in [0, 0.05) is 19.3 Å². The molecular weight excluding hydrogens is 877 g/mol. The van der Waals surface area contributed by atoms with Crippen LogP contribution in [0.15, 0.2) is 170 Å². The van der Waals surface area contributed by atoms with Gasteiger partial charge in [0.25, 0.3) is 0 Å². The van der Waals surface area contributed by atoms with Gasteiger partial charge >= 0.3 is 17.9 Å². The number of ether oxygens (including phenoxy) is 3. The van der Waals surface area contributed by atoms with Crippen LogP contribution in [-0.2, 0) is 28.6 Å². The van der Waals surface area contributed by atoms with Crippen molar-refractivity contribution in [2.24, 2.45) is 0 Å². The largest absolute Gasteiger partial charge is 0.462 e. The Bertz CT molecular complexity index is 1690. The summed E-state index contributed by atoms with van der Waals surface area (Å²) >= 11 is 0. The molecule has 0 radical (unpaired) electrons. The molecule has 6 nitrogen and oxygen atoms in total. The van der Waals surface area contributed by atoms with Crippen LogP contribution in [0.3, 0.4) is 0 Å². The molecule has 0 bridgehead atoms. The maximum absolute atomic E-state index is 12.8. The van der Waals surface area contributed by atoms with E-state index in [1.807, 2.05) is 0 Å². The maximum Gasteiger partial charge on any atom is 0.306 e. The first kappa shape index (κ1) is 65.8. The first-order chi connectivity index (χ1) is 35.0. The van der Waals surface area contributed by atoms with Crippen molar-refractivity contribution >= 4 is 17.9 Å². The molecule has 0 fully saturated rings. The van der Waals surface area contributed by atoms with Gasteiger partial charge in [-0.2, -0.15) is 0 Å². The summed E-state index contributed by atoms with van der Waals surface area (Å²) < 4.78 is 16.7. The van der Waals surface area contributed by atoms with Crippen LogP contribution < -0.4 is 0 Å². The second kappa shape index (κ2) is 57.3. The van der Waals surface area contributed by atoms with Gasteiger partial charge in [0.05, 0.1) is 0 Å². The van der Waals surface area contributed by atoms with Gasteiger partial charge in [-0.3, -0.25) is 14.4 Å². The smallest absolute Gasteiger partial charge is 0.306 e. The molecule has 0 spiro atoms. The fraction of sp³-hybridized carbons (Fsp3) is 0.523. The summed E-state index contributed by atoms with van der Waals surface area (Å²) in [5.41, 5.74) is 0. The molecule has 0 rings (SSSR count). The summed E-state index contributed by atoms with van der Waals surface area (Å²) in [6.45, 7) is 6.17. The van der Waals surface area contributed by atoms with Crippen LogP contribution in [0.2, 0.25) is 0 Å². The molecule has 0 aliphatic rings. The predicted octanol–water partition coefficient (Wildman–Crippen LogP) is 18.8. The Hall–Kier alpha value is -5.23. The number of esters is 3. The van der Waals surface area contributed by atoms with E-state index in [1.165, 1.54) is 0 Å². The lowest BCUT2D eigenvalue weighted by Crippen LogP contribution is -2.30. The summed E-state index contributed by atoms with van der Waals surface area (Å²) in [6.07, 6.45) is 85.0. The Kier molecular flexibility index (Phi) is 53.1. The molecule has 71 heavy (non-hydrogen) atoms. The van der Waals surface area contributed by atoms with Gasteiger partial charge in [0.1, 0.15) is 13.2 Å². The van der Waals surface area contributed by atoms with E-state index < -0.39 is 6.10 Å². The van der Waals surface area contributed by atoms with E-state index in [4.69, 9.17) is 14.2 Å². The zero-order valence-electron chi connectivity index (χ0n) is 44.9. The second-order valence-electron chi connectivity index (χ2n) is 17.3. The molecule has 0 heterocycles. The van der Waals surface area contributed by atoms with E-state index in [2.05, 4.69) is 191 Å². The zero-order valence-corrected chi connectivity index (χ0v) is 44.9. The average molecular weight is 975 g/mol. The Morgan fingerprint density at radius 3 is 0.789 bits per heavy atom.